The third-order valence-electron chi connectivity index (χ3n) is 6.02. The Hall–Kier alpha value is -3.97. The van der Waals surface area contributed by atoms with E-state index >= 15 is 0 Å². The summed E-state index contributed by atoms with van der Waals surface area (Å²) in [7, 11) is 1.51. The number of methoxy groups -OCH3 is 1. The fourth-order valence-electron chi connectivity index (χ4n) is 4.07. The number of nitrogens with one attached hydrogen (secondary N) is 1. The summed E-state index contributed by atoms with van der Waals surface area (Å²) >= 11 is 6.38. The quantitative estimate of drug-likeness (QED) is 0.299. The number of benzene rings is 3. The maximum absolute atomic E-state index is 13.3. The lowest BCUT2D eigenvalue weighted by Crippen LogP contribution is -2.33. The van der Waals surface area contributed by atoms with Crippen molar-refractivity contribution in [2.75, 3.05) is 25.5 Å². The van der Waals surface area contributed by atoms with Gasteiger partial charge in [-0.2, -0.15) is 0 Å². The van der Waals surface area contributed by atoms with E-state index in [4.69, 9.17) is 21.1 Å². The Morgan fingerprint density at radius 2 is 1.67 bits per heavy atom. The minimum atomic E-state index is -0.484. The van der Waals surface area contributed by atoms with E-state index in [1.807, 2.05) is 61.0 Å². The summed E-state index contributed by atoms with van der Waals surface area (Å²) < 4.78 is 13.1. The zero-order chi connectivity index (χ0) is 25.7. The maximum Gasteiger partial charge on any atom is 0.415 e. The van der Waals surface area contributed by atoms with Gasteiger partial charge in [-0.1, -0.05) is 41.9 Å². The molecule has 0 aliphatic rings. The third-order valence-corrected chi connectivity index (χ3v) is 6.39. The zero-order valence-corrected chi connectivity index (χ0v) is 21.2. The summed E-state index contributed by atoms with van der Waals surface area (Å²) in [6, 6.07) is 20.1. The Kier molecular flexibility index (Phi) is 7.80. The molecule has 0 saturated heterocycles. The van der Waals surface area contributed by atoms with Crippen molar-refractivity contribution in [3.05, 3.63) is 89.1 Å². The molecule has 36 heavy (non-hydrogen) atoms. The molecule has 0 atom stereocenters. The first kappa shape index (κ1) is 25.1. The number of rotatable bonds is 8. The smallest absolute Gasteiger partial charge is 0.415 e. The summed E-state index contributed by atoms with van der Waals surface area (Å²) in [4.78, 5) is 27.6. The minimum absolute atomic E-state index is 0.262. The molecule has 0 aliphatic heterocycles. The highest BCUT2D eigenvalue weighted by Crippen LogP contribution is 2.36. The van der Waals surface area contributed by atoms with Gasteiger partial charge in [0, 0.05) is 36.2 Å². The van der Waals surface area contributed by atoms with Crippen molar-refractivity contribution in [1.29, 1.82) is 0 Å². The van der Waals surface area contributed by atoms with E-state index < -0.39 is 6.09 Å². The van der Waals surface area contributed by atoms with Crippen LogP contribution in [0.1, 0.15) is 29.8 Å². The predicted octanol–water partition coefficient (Wildman–Crippen LogP) is 6.44. The molecule has 186 valence electrons. The van der Waals surface area contributed by atoms with Gasteiger partial charge in [-0.15, -0.1) is 0 Å². The molecule has 3 aromatic carbocycles. The molecule has 0 spiro atoms. The van der Waals surface area contributed by atoms with Gasteiger partial charge in [0.1, 0.15) is 5.75 Å². The number of para-hydroxylation sites is 1. The van der Waals surface area contributed by atoms with Crippen molar-refractivity contribution >= 4 is 40.2 Å². The van der Waals surface area contributed by atoms with Crippen molar-refractivity contribution in [2.24, 2.45) is 0 Å². The van der Waals surface area contributed by atoms with Crippen LogP contribution in [0.5, 0.6) is 11.5 Å². The standard InChI is InChI=1S/C28H28ClN3O4/c1-4-31(5-2)28(34)36-25-15-14-23-20(16-17-32(23)18-19-10-6-8-12-22(19)29)26(25)30-27(33)21-11-7-9-13-24(21)35-3/h6-17H,4-5,18H2,1-3H3,(H,30,33). The van der Waals surface area contributed by atoms with E-state index in [0.717, 1.165) is 16.5 Å². The molecule has 1 aromatic heterocycles. The van der Waals surface area contributed by atoms with Crippen LogP contribution in [0.2, 0.25) is 5.02 Å². The molecule has 1 heterocycles. The fourth-order valence-corrected chi connectivity index (χ4v) is 4.26. The first-order valence-electron chi connectivity index (χ1n) is 11.7. The summed E-state index contributed by atoms with van der Waals surface area (Å²) in [5.41, 5.74) is 2.59. The minimum Gasteiger partial charge on any atom is -0.496 e. The number of carbonyl (C=O) groups is 2. The van der Waals surface area contributed by atoms with Gasteiger partial charge in [0.25, 0.3) is 5.91 Å². The molecule has 0 bridgehead atoms. The van der Waals surface area contributed by atoms with E-state index in [9.17, 15) is 9.59 Å². The van der Waals surface area contributed by atoms with Crippen LogP contribution in [0.4, 0.5) is 10.5 Å². The number of ether oxygens (including phenoxy) is 2. The van der Waals surface area contributed by atoms with E-state index in [-0.39, 0.29) is 11.7 Å². The van der Waals surface area contributed by atoms with Crippen molar-refractivity contribution in [3.8, 4) is 11.5 Å². The second-order valence-electron chi connectivity index (χ2n) is 8.10. The first-order chi connectivity index (χ1) is 17.5. The number of nitrogens with zero attached hydrogens (tertiary/aromatic N) is 2. The number of hydrogen-bond donors (Lipinski definition) is 1. The summed E-state index contributed by atoms with van der Waals surface area (Å²) in [5.74, 6) is 0.331. The lowest BCUT2D eigenvalue weighted by molar-refractivity contribution is 0.102. The largest absolute Gasteiger partial charge is 0.496 e. The SMILES string of the molecule is CCN(CC)C(=O)Oc1ccc2c(ccn2Cc2ccccc2Cl)c1NC(=O)c1ccccc1OC. The maximum atomic E-state index is 13.3. The number of aromatic nitrogens is 1. The molecule has 4 aromatic rings. The number of halogens is 1. The lowest BCUT2D eigenvalue weighted by atomic mass is 10.1. The third kappa shape index (κ3) is 5.16. The Labute approximate surface area is 215 Å². The highest BCUT2D eigenvalue weighted by molar-refractivity contribution is 6.31. The van der Waals surface area contributed by atoms with Gasteiger partial charge in [0.05, 0.1) is 23.9 Å². The highest BCUT2D eigenvalue weighted by Gasteiger charge is 2.21. The van der Waals surface area contributed by atoms with E-state index in [1.54, 1.807) is 35.2 Å². The molecule has 0 unspecified atom stereocenters. The van der Waals surface area contributed by atoms with Gasteiger partial charge in [-0.3, -0.25) is 4.79 Å². The van der Waals surface area contributed by atoms with Crippen LogP contribution in [-0.4, -0.2) is 41.7 Å². The molecule has 0 saturated carbocycles. The van der Waals surface area contributed by atoms with E-state index in [0.29, 0.717) is 41.7 Å². The highest BCUT2D eigenvalue weighted by atomic mass is 35.5. The number of hydrogen-bond acceptors (Lipinski definition) is 4. The summed E-state index contributed by atoms with van der Waals surface area (Å²) in [6.07, 6.45) is 1.44. The van der Waals surface area contributed by atoms with Gasteiger partial charge in [0.15, 0.2) is 5.75 Å². The topological polar surface area (TPSA) is 72.8 Å². The average molecular weight is 506 g/mol. The zero-order valence-electron chi connectivity index (χ0n) is 20.5. The number of anilines is 1. The molecule has 7 nitrogen and oxygen atoms in total. The lowest BCUT2D eigenvalue weighted by Gasteiger charge is -2.20. The number of amides is 2. The number of carbonyl (C=O) groups excluding carboxylic acids is 2. The van der Waals surface area contributed by atoms with E-state index in [1.165, 1.54) is 7.11 Å². The molecule has 0 radical (unpaired) electrons. The van der Waals surface area contributed by atoms with E-state index in [2.05, 4.69) is 5.32 Å². The fraction of sp³-hybridized carbons (Fsp3) is 0.214. The van der Waals surface area contributed by atoms with Crippen LogP contribution in [0, 0.1) is 0 Å². The normalized spacial score (nSPS) is 10.8. The monoisotopic (exact) mass is 505 g/mol. The molecule has 0 fully saturated rings. The van der Waals surface area contributed by atoms with Gasteiger partial charge in [0.2, 0.25) is 0 Å². The van der Waals surface area contributed by atoms with Gasteiger partial charge < -0.3 is 24.3 Å². The molecule has 1 N–H and O–H groups in total. The molecule has 8 heteroatoms. The molecule has 4 rings (SSSR count). The van der Waals surface area contributed by atoms with Crippen molar-refractivity contribution < 1.29 is 19.1 Å². The van der Waals surface area contributed by atoms with Crippen LogP contribution >= 0.6 is 11.6 Å². The molecular weight excluding hydrogens is 478 g/mol. The summed E-state index contributed by atoms with van der Waals surface area (Å²) in [5, 5.41) is 4.37. The predicted molar refractivity (Wildman–Crippen MR) is 142 cm³/mol. The van der Waals surface area contributed by atoms with Gasteiger partial charge in [-0.25, -0.2) is 4.79 Å². The van der Waals surface area contributed by atoms with Crippen molar-refractivity contribution in [3.63, 3.8) is 0 Å². The van der Waals surface area contributed by atoms with Crippen LogP contribution in [0.25, 0.3) is 10.9 Å². The average Bonchev–Trinajstić information content (AvgIpc) is 3.30. The Balaban J connectivity index is 1.77. The van der Waals surface area contributed by atoms with Crippen LogP contribution < -0.4 is 14.8 Å². The van der Waals surface area contributed by atoms with Crippen LogP contribution in [0.3, 0.4) is 0 Å². The van der Waals surface area contributed by atoms with Gasteiger partial charge in [-0.05, 0) is 55.8 Å². The Morgan fingerprint density at radius 1 is 0.944 bits per heavy atom. The second kappa shape index (κ2) is 11.2. The second-order valence-corrected chi connectivity index (χ2v) is 8.51. The van der Waals surface area contributed by atoms with Crippen LogP contribution in [0.15, 0.2) is 72.9 Å². The Bertz CT molecular complexity index is 1390. The summed E-state index contributed by atoms with van der Waals surface area (Å²) in [6.45, 7) is 5.32. The van der Waals surface area contributed by atoms with Gasteiger partial charge >= 0.3 is 6.09 Å². The number of fused-ring (bicyclic) bond motifs is 1. The van der Waals surface area contributed by atoms with Crippen LogP contribution in [-0.2, 0) is 6.54 Å². The first-order valence-corrected chi connectivity index (χ1v) is 12.1. The molecule has 2 amide bonds. The molecular formula is C28H28ClN3O4. The van der Waals surface area contributed by atoms with Crippen molar-refractivity contribution in [1.82, 2.24) is 9.47 Å². The Morgan fingerprint density at radius 3 is 2.39 bits per heavy atom. The molecule has 0 aliphatic carbocycles. The van der Waals surface area contributed by atoms with Crippen molar-refractivity contribution in [2.45, 2.75) is 20.4 Å².